The lowest BCUT2D eigenvalue weighted by Crippen LogP contribution is -2.26. The first-order chi connectivity index (χ1) is 12.0. The van der Waals surface area contributed by atoms with E-state index < -0.39 is 0 Å². The lowest BCUT2D eigenvalue weighted by Gasteiger charge is -2.17. The molecule has 0 aliphatic carbocycles. The highest BCUT2D eigenvalue weighted by molar-refractivity contribution is 5.94. The van der Waals surface area contributed by atoms with Gasteiger partial charge in [-0.05, 0) is 48.9 Å². The van der Waals surface area contributed by atoms with E-state index in [-0.39, 0.29) is 17.8 Å². The van der Waals surface area contributed by atoms with Crippen molar-refractivity contribution in [3.63, 3.8) is 0 Å². The van der Waals surface area contributed by atoms with E-state index in [0.29, 0.717) is 30.3 Å². The van der Waals surface area contributed by atoms with E-state index in [1.54, 1.807) is 20.3 Å². The number of hydrogen-bond acceptors (Lipinski definition) is 4. The van der Waals surface area contributed by atoms with Crippen LogP contribution < -0.4 is 14.8 Å². The fourth-order valence-corrected chi connectivity index (χ4v) is 2.27. The Hall–Kier alpha value is -2.60. The number of methoxy groups -OCH3 is 2. The number of rotatable bonds is 8. The molecule has 0 saturated heterocycles. The topological polar surface area (TPSA) is 56.8 Å². The standard InChI is InChI=1S/C19H22FNO4/c1-13(21-19(22)14-4-7-16(20)8-5-14)15-6-9-17(18(12-15)24-3)25-11-10-23-2/h4-9,12-13H,10-11H2,1-3H3,(H,21,22)/t13-/m1/s1. The Morgan fingerprint density at radius 2 is 1.80 bits per heavy atom. The quantitative estimate of drug-likeness (QED) is 0.744. The van der Waals surface area contributed by atoms with Crippen LogP contribution >= 0.6 is 0 Å². The van der Waals surface area contributed by atoms with Crippen molar-refractivity contribution in [2.75, 3.05) is 27.4 Å². The van der Waals surface area contributed by atoms with E-state index in [9.17, 15) is 9.18 Å². The van der Waals surface area contributed by atoms with Crippen LogP contribution in [0.15, 0.2) is 42.5 Å². The molecule has 25 heavy (non-hydrogen) atoms. The smallest absolute Gasteiger partial charge is 0.251 e. The van der Waals surface area contributed by atoms with E-state index in [0.717, 1.165) is 5.56 Å². The molecule has 1 atom stereocenters. The van der Waals surface area contributed by atoms with Crippen LogP contribution in [-0.2, 0) is 4.74 Å². The summed E-state index contributed by atoms with van der Waals surface area (Å²) >= 11 is 0. The normalized spacial score (nSPS) is 11.7. The SMILES string of the molecule is COCCOc1ccc([C@@H](C)NC(=O)c2ccc(F)cc2)cc1OC. The van der Waals surface area contributed by atoms with Gasteiger partial charge in [0, 0.05) is 12.7 Å². The Morgan fingerprint density at radius 3 is 2.44 bits per heavy atom. The molecule has 0 unspecified atom stereocenters. The van der Waals surface area contributed by atoms with Gasteiger partial charge in [0.15, 0.2) is 11.5 Å². The lowest BCUT2D eigenvalue weighted by atomic mass is 10.1. The molecule has 0 saturated carbocycles. The van der Waals surface area contributed by atoms with Crippen LogP contribution in [-0.4, -0.2) is 33.3 Å². The molecule has 6 heteroatoms. The van der Waals surface area contributed by atoms with Gasteiger partial charge in [-0.3, -0.25) is 4.79 Å². The van der Waals surface area contributed by atoms with Gasteiger partial charge in [-0.25, -0.2) is 4.39 Å². The van der Waals surface area contributed by atoms with Crippen LogP contribution in [0.5, 0.6) is 11.5 Å². The number of carbonyl (C=O) groups excluding carboxylic acids is 1. The third-order valence-electron chi connectivity index (χ3n) is 3.69. The van der Waals surface area contributed by atoms with Crippen molar-refractivity contribution >= 4 is 5.91 Å². The lowest BCUT2D eigenvalue weighted by molar-refractivity contribution is 0.0939. The largest absolute Gasteiger partial charge is 0.493 e. The van der Waals surface area contributed by atoms with Gasteiger partial charge in [0.1, 0.15) is 12.4 Å². The van der Waals surface area contributed by atoms with Crippen molar-refractivity contribution in [1.82, 2.24) is 5.32 Å². The molecule has 0 aliphatic rings. The van der Waals surface area contributed by atoms with Gasteiger partial charge < -0.3 is 19.5 Å². The fraction of sp³-hybridized carbons (Fsp3) is 0.316. The van der Waals surface area contributed by atoms with Crippen molar-refractivity contribution in [2.45, 2.75) is 13.0 Å². The minimum atomic E-state index is -0.376. The van der Waals surface area contributed by atoms with E-state index in [1.165, 1.54) is 24.3 Å². The van der Waals surface area contributed by atoms with Gasteiger partial charge in [0.2, 0.25) is 0 Å². The molecule has 0 spiro atoms. The monoisotopic (exact) mass is 347 g/mol. The van der Waals surface area contributed by atoms with Gasteiger partial charge >= 0.3 is 0 Å². The Bertz CT molecular complexity index is 703. The summed E-state index contributed by atoms with van der Waals surface area (Å²) in [5.41, 5.74) is 1.27. The maximum absolute atomic E-state index is 12.9. The Balaban J connectivity index is 2.06. The highest BCUT2D eigenvalue weighted by atomic mass is 19.1. The number of carbonyl (C=O) groups is 1. The molecular weight excluding hydrogens is 325 g/mol. The first-order valence-electron chi connectivity index (χ1n) is 7.91. The van der Waals surface area contributed by atoms with Gasteiger partial charge in [-0.2, -0.15) is 0 Å². The van der Waals surface area contributed by atoms with Crippen molar-refractivity contribution in [2.24, 2.45) is 0 Å². The second-order valence-corrected chi connectivity index (χ2v) is 5.45. The molecule has 0 aliphatic heterocycles. The van der Waals surface area contributed by atoms with E-state index >= 15 is 0 Å². The van der Waals surface area contributed by atoms with Gasteiger partial charge in [0.05, 0.1) is 19.8 Å². The second-order valence-electron chi connectivity index (χ2n) is 5.45. The minimum Gasteiger partial charge on any atom is -0.493 e. The third kappa shape index (κ3) is 5.19. The zero-order valence-corrected chi connectivity index (χ0v) is 14.5. The summed E-state index contributed by atoms with van der Waals surface area (Å²) in [6, 6.07) is 10.6. The molecule has 0 radical (unpaired) electrons. The molecule has 0 fully saturated rings. The van der Waals surface area contributed by atoms with Crippen molar-refractivity contribution in [1.29, 1.82) is 0 Å². The van der Waals surface area contributed by atoms with E-state index in [2.05, 4.69) is 5.32 Å². The number of hydrogen-bond donors (Lipinski definition) is 1. The molecule has 2 rings (SSSR count). The van der Waals surface area contributed by atoms with E-state index in [1.807, 2.05) is 19.1 Å². The first kappa shape index (κ1) is 18.7. The predicted octanol–water partition coefficient (Wildman–Crippen LogP) is 3.35. The molecule has 2 aromatic rings. The van der Waals surface area contributed by atoms with Gasteiger partial charge in [-0.1, -0.05) is 6.07 Å². The van der Waals surface area contributed by atoms with Crippen LogP contribution in [0, 0.1) is 5.82 Å². The first-order valence-corrected chi connectivity index (χ1v) is 7.91. The van der Waals surface area contributed by atoms with Crippen LogP contribution in [0.25, 0.3) is 0 Å². The molecule has 0 heterocycles. The Kier molecular flexibility index (Phi) is 6.77. The highest BCUT2D eigenvalue weighted by Gasteiger charge is 2.14. The van der Waals surface area contributed by atoms with Crippen molar-refractivity contribution in [3.05, 3.63) is 59.4 Å². The minimum absolute atomic E-state index is 0.250. The number of amides is 1. The van der Waals surface area contributed by atoms with Crippen molar-refractivity contribution in [3.8, 4) is 11.5 Å². The number of benzene rings is 2. The van der Waals surface area contributed by atoms with E-state index in [4.69, 9.17) is 14.2 Å². The summed E-state index contributed by atoms with van der Waals surface area (Å²) < 4.78 is 28.8. The maximum Gasteiger partial charge on any atom is 0.251 e. The highest BCUT2D eigenvalue weighted by Crippen LogP contribution is 2.30. The molecule has 1 amide bonds. The molecule has 1 N–H and O–H groups in total. The third-order valence-corrected chi connectivity index (χ3v) is 3.69. The van der Waals surface area contributed by atoms with Crippen LogP contribution in [0.1, 0.15) is 28.9 Å². The predicted molar refractivity (Wildman–Crippen MR) is 92.6 cm³/mol. The molecule has 0 bridgehead atoms. The van der Waals surface area contributed by atoms with Crippen LogP contribution in [0.3, 0.4) is 0 Å². The number of ether oxygens (including phenoxy) is 3. The Morgan fingerprint density at radius 1 is 1.08 bits per heavy atom. The van der Waals surface area contributed by atoms with Crippen molar-refractivity contribution < 1.29 is 23.4 Å². The number of halogens is 1. The van der Waals surface area contributed by atoms with Gasteiger partial charge in [-0.15, -0.1) is 0 Å². The second kappa shape index (κ2) is 9.03. The maximum atomic E-state index is 12.9. The Labute approximate surface area is 146 Å². The van der Waals surface area contributed by atoms with Gasteiger partial charge in [0.25, 0.3) is 5.91 Å². The molecular formula is C19H22FNO4. The molecule has 134 valence electrons. The zero-order valence-electron chi connectivity index (χ0n) is 14.5. The zero-order chi connectivity index (χ0) is 18.2. The summed E-state index contributed by atoms with van der Waals surface area (Å²) in [4.78, 5) is 12.2. The summed E-state index contributed by atoms with van der Waals surface area (Å²) in [5.74, 6) is 0.544. The molecule has 5 nitrogen and oxygen atoms in total. The fourth-order valence-electron chi connectivity index (χ4n) is 2.27. The summed E-state index contributed by atoms with van der Waals surface area (Å²) in [5, 5.41) is 2.88. The van der Waals surface area contributed by atoms with Crippen LogP contribution in [0.4, 0.5) is 4.39 Å². The molecule has 2 aromatic carbocycles. The summed E-state index contributed by atoms with van der Waals surface area (Å²) in [7, 11) is 3.17. The molecule has 0 aromatic heterocycles. The summed E-state index contributed by atoms with van der Waals surface area (Å²) in [6.07, 6.45) is 0. The average molecular weight is 347 g/mol. The number of nitrogens with one attached hydrogen (secondary N) is 1. The van der Waals surface area contributed by atoms with Crippen LogP contribution in [0.2, 0.25) is 0 Å². The average Bonchev–Trinajstić information content (AvgIpc) is 2.62. The summed E-state index contributed by atoms with van der Waals surface area (Å²) in [6.45, 7) is 2.76.